The number of nitrogens with zero attached hydrogens (tertiary/aromatic N) is 5. The standard InChI is InChI=1S/C22H28N6O/c1-3-26(4-2)20-11-10-17(16-23-20)21(29)27-12-7-13-28(15-14-27)22-24-18-8-5-6-9-19(18)25-22/h5-6,8-11,16H,3-4,7,12-15H2,1-2H3,(H,24,25). The topological polar surface area (TPSA) is 68.4 Å². The number of amides is 1. The zero-order valence-electron chi connectivity index (χ0n) is 17.1. The molecule has 7 nitrogen and oxygen atoms in total. The van der Waals surface area contributed by atoms with E-state index in [9.17, 15) is 4.79 Å². The van der Waals surface area contributed by atoms with Gasteiger partial charge in [-0.3, -0.25) is 4.79 Å². The molecule has 152 valence electrons. The molecule has 0 saturated carbocycles. The lowest BCUT2D eigenvalue weighted by molar-refractivity contribution is 0.0766. The van der Waals surface area contributed by atoms with Crippen LogP contribution in [0.15, 0.2) is 42.6 Å². The van der Waals surface area contributed by atoms with E-state index >= 15 is 0 Å². The van der Waals surface area contributed by atoms with E-state index in [-0.39, 0.29) is 5.91 Å². The molecule has 0 aliphatic carbocycles. The number of H-pyrrole nitrogens is 1. The van der Waals surface area contributed by atoms with Crippen LogP contribution in [-0.4, -0.2) is 65.0 Å². The van der Waals surface area contributed by atoms with Crippen LogP contribution in [0, 0.1) is 0 Å². The Labute approximate surface area is 171 Å². The molecule has 1 N–H and O–H groups in total. The summed E-state index contributed by atoms with van der Waals surface area (Å²) in [6.07, 6.45) is 2.62. The highest BCUT2D eigenvalue weighted by molar-refractivity contribution is 5.94. The number of rotatable bonds is 5. The van der Waals surface area contributed by atoms with Crippen molar-refractivity contribution in [3.05, 3.63) is 48.2 Å². The quantitative estimate of drug-likeness (QED) is 0.722. The highest BCUT2D eigenvalue weighted by Gasteiger charge is 2.22. The minimum atomic E-state index is 0.0510. The molecule has 1 aliphatic rings. The van der Waals surface area contributed by atoms with Crippen molar-refractivity contribution in [1.82, 2.24) is 19.9 Å². The number of hydrogen-bond donors (Lipinski definition) is 1. The van der Waals surface area contributed by atoms with Crippen molar-refractivity contribution in [2.75, 3.05) is 49.1 Å². The van der Waals surface area contributed by atoms with Crippen LogP contribution in [0.4, 0.5) is 11.8 Å². The molecule has 1 saturated heterocycles. The predicted octanol–water partition coefficient (Wildman–Crippen LogP) is 3.16. The number of benzene rings is 1. The molecule has 3 aromatic rings. The molecule has 1 aliphatic heterocycles. The van der Waals surface area contributed by atoms with Gasteiger partial charge in [0.1, 0.15) is 5.82 Å². The summed E-state index contributed by atoms with van der Waals surface area (Å²) in [6.45, 7) is 9.08. The first-order valence-corrected chi connectivity index (χ1v) is 10.4. The second kappa shape index (κ2) is 8.51. The first-order valence-electron chi connectivity index (χ1n) is 10.4. The lowest BCUT2D eigenvalue weighted by Gasteiger charge is -2.22. The third-order valence-corrected chi connectivity index (χ3v) is 5.54. The number of aromatic amines is 1. The van der Waals surface area contributed by atoms with Crippen molar-refractivity contribution >= 4 is 28.7 Å². The number of pyridine rings is 1. The van der Waals surface area contributed by atoms with Crippen LogP contribution in [0.3, 0.4) is 0 Å². The van der Waals surface area contributed by atoms with Gasteiger partial charge in [0.15, 0.2) is 0 Å². The minimum Gasteiger partial charge on any atom is -0.357 e. The van der Waals surface area contributed by atoms with Gasteiger partial charge in [-0.05, 0) is 44.5 Å². The molecule has 0 atom stereocenters. The first kappa shape index (κ1) is 19.2. The van der Waals surface area contributed by atoms with E-state index in [4.69, 9.17) is 4.98 Å². The smallest absolute Gasteiger partial charge is 0.255 e. The van der Waals surface area contributed by atoms with Crippen molar-refractivity contribution < 1.29 is 4.79 Å². The predicted molar refractivity (Wildman–Crippen MR) is 117 cm³/mol. The van der Waals surface area contributed by atoms with Crippen LogP contribution in [-0.2, 0) is 0 Å². The summed E-state index contributed by atoms with van der Waals surface area (Å²) in [4.78, 5) is 31.9. The molecule has 0 spiro atoms. The Morgan fingerprint density at radius 3 is 2.62 bits per heavy atom. The van der Waals surface area contributed by atoms with Crippen molar-refractivity contribution in [2.24, 2.45) is 0 Å². The number of hydrogen-bond acceptors (Lipinski definition) is 5. The van der Waals surface area contributed by atoms with Crippen molar-refractivity contribution in [2.45, 2.75) is 20.3 Å². The van der Waals surface area contributed by atoms with Crippen LogP contribution in [0.25, 0.3) is 11.0 Å². The Hall–Kier alpha value is -3.09. The van der Waals surface area contributed by atoms with Gasteiger partial charge in [-0.15, -0.1) is 0 Å². The molecule has 1 amide bonds. The fourth-order valence-corrected chi connectivity index (χ4v) is 3.85. The third-order valence-electron chi connectivity index (χ3n) is 5.54. The van der Waals surface area contributed by atoms with E-state index in [2.05, 4.69) is 33.6 Å². The Morgan fingerprint density at radius 2 is 1.90 bits per heavy atom. The maximum atomic E-state index is 13.0. The largest absolute Gasteiger partial charge is 0.357 e. The number of carbonyl (C=O) groups excluding carboxylic acids is 1. The van der Waals surface area contributed by atoms with Gasteiger partial charge in [0.2, 0.25) is 5.95 Å². The summed E-state index contributed by atoms with van der Waals surface area (Å²) in [5.74, 6) is 1.85. The van der Waals surface area contributed by atoms with Crippen LogP contribution < -0.4 is 9.80 Å². The summed E-state index contributed by atoms with van der Waals surface area (Å²) in [7, 11) is 0. The maximum absolute atomic E-state index is 13.0. The Bertz CT molecular complexity index is 930. The first-order chi connectivity index (χ1) is 14.2. The van der Waals surface area contributed by atoms with E-state index in [1.54, 1.807) is 6.20 Å². The summed E-state index contributed by atoms with van der Waals surface area (Å²) < 4.78 is 0. The normalized spacial score (nSPS) is 14.8. The second-order valence-electron chi connectivity index (χ2n) is 7.29. The number of para-hydroxylation sites is 2. The minimum absolute atomic E-state index is 0.0510. The summed E-state index contributed by atoms with van der Waals surface area (Å²) in [5.41, 5.74) is 2.66. The molecule has 1 aromatic carbocycles. The van der Waals surface area contributed by atoms with Crippen molar-refractivity contribution in [3.63, 3.8) is 0 Å². The van der Waals surface area contributed by atoms with Gasteiger partial charge < -0.3 is 19.7 Å². The molecular weight excluding hydrogens is 364 g/mol. The van der Waals surface area contributed by atoms with Gasteiger partial charge in [0.05, 0.1) is 16.6 Å². The second-order valence-corrected chi connectivity index (χ2v) is 7.29. The number of carbonyl (C=O) groups is 1. The van der Waals surface area contributed by atoms with Crippen LogP contribution in [0.2, 0.25) is 0 Å². The third kappa shape index (κ3) is 4.04. The van der Waals surface area contributed by atoms with E-state index in [0.717, 1.165) is 61.9 Å². The van der Waals surface area contributed by atoms with Crippen molar-refractivity contribution in [1.29, 1.82) is 0 Å². The SMILES string of the molecule is CCN(CC)c1ccc(C(=O)N2CCCN(c3nc4ccccc4[nH]3)CC2)cn1. The molecule has 0 bridgehead atoms. The summed E-state index contributed by atoms with van der Waals surface area (Å²) >= 11 is 0. The summed E-state index contributed by atoms with van der Waals surface area (Å²) in [6, 6.07) is 11.9. The lowest BCUT2D eigenvalue weighted by atomic mass is 10.2. The van der Waals surface area contributed by atoms with Crippen LogP contribution >= 0.6 is 0 Å². The Morgan fingerprint density at radius 1 is 1.07 bits per heavy atom. The summed E-state index contributed by atoms with van der Waals surface area (Å²) in [5, 5.41) is 0. The average molecular weight is 393 g/mol. The number of nitrogens with one attached hydrogen (secondary N) is 1. The lowest BCUT2D eigenvalue weighted by Crippen LogP contribution is -2.35. The highest BCUT2D eigenvalue weighted by Crippen LogP contribution is 2.19. The van der Waals surface area contributed by atoms with Crippen LogP contribution in [0.1, 0.15) is 30.6 Å². The fraction of sp³-hybridized carbons (Fsp3) is 0.409. The Balaban J connectivity index is 1.43. The fourth-order valence-electron chi connectivity index (χ4n) is 3.85. The van der Waals surface area contributed by atoms with Gasteiger partial charge in [0, 0.05) is 45.5 Å². The molecule has 0 radical (unpaired) electrons. The zero-order valence-corrected chi connectivity index (χ0v) is 17.1. The van der Waals surface area contributed by atoms with Gasteiger partial charge in [0.25, 0.3) is 5.91 Å². The molecule has 7 heteroatoms. The Kier molecular flexibility index (Phi) is 5.64. The molecule has 3 heterocycles. The van der Waals surface area contributed by atoms with Gasteiger partial charge in [-0.2, -0.15) is 0 Å². The van der Waals surface area contributed by atoms with Gasteiger partial charge in [-0.25, -0.2) is 9.97 Å². The van der Waals surface area contributed by atoms with E-state index in [0.29, 0.717) is 12.1 Å². The number of aromatic nitrogens is 3. The number of fused-ring (bicyclic) bond motifs is 1. The molecule has 2 aromatic heterocycles. The average Bonchev–Trinajstić information content (AvgIpc) is 3.04. The van der Waals surface area contributed by atoms with Crippen LogP contribution in [0.5, 0.6) is 0 Å². The number of anilines is 2. The molecule has 1 fully saturated rings. The zero-order chi connectivity index (χ0) is 20.2. The van der Waals surface area contributed by atoms with Crippen molar-refractivity contribution in [3.8, 4) is 0 Å². The monoisotopic (exact) mass is 392 g/mol. The van der Waals surface area contributed by atoms with Gasteiger partial charge >= 0.3 is 0 Å². The van der Waals surface area contributed by atoms with E-state index in [1.807, 2.05) is 41.3 Å². The van der Waals surface area contributed by atoms with E-state index < -0.39 is 0 Å². The van der Waals surface area contributed by atoms with E-state index in [1.165, 1.54) is 0 Å². The molecule has 4 rings (SSSR count). The molecule has 29 heavy (non-hydrogen) atoms. The number of imidazole rings is 1. The molecular formula is C22H28N6O. The maximum Gasteiger partial charge on any atom is 0.255 e. The van der Waals surface area contributed by atoms with Gasteiger partial charge in [-0.1, -0.05) is 12.1 Å². The molecule has 0 unspecified atom stereocenters. The highest BCUT2D eigenvalue weighted by atomic mass is 16.2.